The minimum Gasteiger partial charge on any atom is -0.301 e. The first-order valence-electron chi connectivity index (χ1n) is 10.6. The molecule has 2 aromatic carbocycles. The summed E-state index contributed by atoms with van der Waals surface area (Å²) in [4.78, 5) is 18.4. The molecule has 31 heavy (non-hydrogen) atoms. The monoisotopic (exact) mass is 457 g/mol. The molecule has 0 unspecified atom stereocenters. The lowest BCUT2D eigenvalue weighted by molar-refractivity contribution is -0.116. The molecule has 1 saturated carbocycles. The minimum atomic E-state index is -3.83. The van der Waals surface area contributed by atoms with E-state index in [1.54, 1.807) is 12.1 Å². The number of thiazole rings is 1. The first kappa shape index (κ1) is 21.9. The predicted octanol–water partition coefficient (Wildman–Crippen LogP) is 4.88. The van der Waals surface area contributed by atoms with Crippen molar-refractivity contribution in [2.75, 3.05) is 11.9 Å². The molecule has 0 radical (unpaired) electrons. The van der Waals surface area contributed by atoms with Crippen LogP contribution in [0.3, 0.4) is 0 Å². The van der Waals surface area contributed by atoms with Gasteiger partial charge in [-0.2, -0.15) is 4.31 Å². The average molecular weight is 458 g/mol. The van der Waals surface area contributed by atoms with E-state index in [0.29, 0.717) is 5.13 Å². The molecule has 0 saturated heterocycles. The van der Waals surface area contributed by atoms with E-state index >= 15 is 0 Å². The van der Waals surface area contributed by atoms with Gasteiger partial charge in [-0.3, -0.25) is 4.79 Å². The molecule has 1 aliphatic carbocycles. The standard InChI is InChI=1S/C23H27N3O3S2/c1-16-17(2)30-23(24-16)25-22(27)15-26(20-10-4-3-5-11-20)31(28,29)21-13-12-18-8-6-7-9-19(18)14-21/h6-9,12-14,20H,3-5,10-11,15H2,1-2H3,(H,24,25,27). The van der Waals surface area contributed by atoms with Gasteiger partial charge >= 0.3 is 0 Å². The normalized spacial score (nSPS) is 15.5. The highest BCUT2D eigenvalue weighted by Crippen LogP contribution is 2.29. The zero-order valence-electron chi connectivity index (χ0n) is 17.8. The SMILES string of the molecule is Cc1nc(NC(=O)CN(C2CCCCC2)S(=O)(=O)c2ccc3ccccc3c2)sc1C. The van der Waals surface area contributed by atoms with Crippen molar-refractivity contribution in [2.24, 2.45) is 0 Å². The lowest BCUT2D eigenvalue weighted by atomic mass is 9.95. The Hall–Kier alpha value is -2.29. The number of hydrogen-bond acceptors (Lipinski definition) is 5. The van der Waals surface area contributed by atoms with Crippen LogP contribution in [0, 0.1) is 13.8 Å². The second kappa shape index (κ2) is 9.06. The van der Waals surface area contributed by atoms with Crippen LogP contribution in [0.15, 0.2) is 47.4 Å². The van der Waals surface area contributed by atoms with Crippen molar-refractivity contribution in [2.45, 2.75) is 56.9 Å². The van der Waals surface area contributed by atoms with Crippen molar-refractivity contribution >= 4 is 43.2 Å². The lowest BCUT2D eigenvalue weighted by Gasteiger charge is -2.33. The topological polar surface area (TPSA) is 79.4 Å². The highest BCUT2D eigenvalue weighted by molar-refractivity contribution is 7.89. The van der Waals surface area contributed by atoms with Gasteiger partial charge in [-0.25, -0.2) is 13.4 Å². The Bertz CT molecular complexity index is 1180. The first-order valence-corrected chi connectivity index (χ1v) is 12.8. The van der Waals surface area contributed by atoms with E-state index in [0.717, 1.165) is 53.4 Å². The number of amides is 1. The summed E-state index contributed by atoms with van der Waals surface area (Å²) in [6.45, 7) is 3.62. The molecule has 1 fully saturated rings. The highest BCUT2D eigenvalue weighted by Gasteiger charge is 2.34. The van der Waals surface area contributed by atoms with E-state index in [1.807, 2.05) is 44.2 Å². The number of benzene rings is 2. The molecule has 0 bridgehead atoms. The predicted molar refractivity (Wildman–Crippen MR) is 125 cm³/mol. The van der Waals surface area contributed by atoms with Crippen LogP contribution in [0.5, 0.6) is 0 Å². The third-order valence-corrected chi connectivity index (χ3v) is 8.77. The largest absolute Gasteiger partial charge is 0.301 e. The molecule has 1 aromatic heterocycles. The zero-order valence-corrected chi connectivity index (χ0v) is 19.4. The van der Waals surface area contributed by atoms with Crippen molar-refractivity contribution in [1.29, 1.82) is 0 Å². The fraction of sp³-hybridized carbons (Fsp3) is 0.391. The Morgan fingerprint density at radius 2 is 1.81 bits per heavy atom. The van der Waals surface area contributed by atoms with Gasteiger partial charge < -0.3 is 5.32 Å². The van der Waals surface area contributed by atoms with E-state index < -0.39 is 10.0 Å². The maximum absolute atomic E-state index is 13.7. The number of fused-ring (bicyclic) bond motifs is 1. The number of rotatable bonds is 6. The van der Waals surface area contributed by atoms with Crippen LogP contribution < -0.4 is 5.32 Å². The van der Waals surface area contributed by atoms with Gasteiger partial charge in [-0.05, 0) is 49.6 Å². The summed E-state index contributed by atoms with van der Waals surface area (Å²) in [6.07, 6.45) is 4.59. The van der Waals surface area contributed by atoms with Crippen LogP contribution in [-0.4, -0.2) is 36.2 Å². The van der Waals surface area contributed by atoms with Crippen LogP contribution in [-0.2, 0) is 14.8 Å². The third-order valence-electron chi connectivity index (χ3n) is 5.88. The number of anilines is 1. The Kier molecular flexibility index (Phi) is 6.41. The van der Waals surface area contributed by atoms with E-state index in [4.69, 9.17) is 0 Å². The maximum Gasteiger partial charge on any atom is 0.243 e. The highest BCUT2D eigenvalue weighted by atomic mass is 32.2. The molecule has 1 N–H and O–H groups in total. The van der Waals surface area contributed by atoms with Gasteiger partial charge in [0.2, 0.25) is 15.9 Å². The van der Waals surface area contributed by atoms with Crippen molar-refractivity contribution in [3.05, 3.63) is 53.0 Å². The molecule has 1 amide bonds. The van der Waals surface area contributed by atoms with E-state index in [1.165, 1.54) is 15.6 Å². The number of nitrogens with zero attached hydrogens (tertiary/aromatic N) is 2. The first-order chi connectivity index (χ1) is 14.8. The van der Waals surface area contributed by atoms with Crippen LogP contribution in [0.4, 0.5) is 5.13 Å². The lowest BCUT2D eigenvalue weighted by Crippen LogP contribution is -2.45. The fourth-order valence-electron chi connectivity index (χ4n) is 4.07. The van der Waals surface area contributed by atoms with Crippen molar-refractivity contribution in [1.82, 2.24) is 9.29 Å². The van der Waals surface area contributed by atoms with Crippen molar-refractivity contribution in [3.8, 4) is 0 Å². The Balaban J connectivity index is 1.63. The van der Waals surface area contributed by atoms with Gasteiger partial charge in [-0.15, -0.1) is 11.3 Å². The van der Waals surface area contributed by atoms with Gasteiger partial charge in [0.25, 0.3) is 0 Å². The maximum atomic E-state index is 13.7. The minimum absolute atomic E-state index is 0.171. The van der Waals surface area contributed by atoms with Gasteiger partial charge in [0.1, 0.15) is 0 Å². The molecule has 1 aliphatic rings. The molecule has 8 heteroatoms. The molecule has 1 heterocycles. The van der Waals surface area contributed by atoms with E-state index in [-0.39, 0.29) is 23.4 Å². The summed E-state index contributed by atoms with van der Waals surface area (Å²) in [5, 5.41) is 5.15. The third kappa shape index (κ3) is 4.81. The van der Waals surface area contributed by atoms with Crippen LogP contribution >= 0.6 is 11.3 Å². The van der Waals surface area contributed by atoms with Crippen LogP contribution in [0.25, 0.3) is 10.8 Å². The van der Waals surface area contributed by atoms with Crippen molar-refractivity contribution in [3.63, 3.8) is 0 Å². The second-order valence-corrected chi connectivity index (χ2v) is 11.2. The molecular weight excluding hydrogens is 430 g/mol. The molecule has 164 valence electrons. The van der Waals surface area contributed by atoms with Crippen LogP contribution in [0.2, 0.25) is 0 Å². The van der Waals surface area contributed by atoms with Gasteiger partial charge in [0.15, 0.2) is 5.13 Å². The van der Waals surface area contributed by atoms with Gasteiger partial charge in [0.05, 0.1) is 17.1 Å². The Labute approximate surface area is 187 Å². The molecule has 3 aromatic rings. The van der Waals surface area contributed by atoms with Crippen LogP contribution in [0.1, 0.15) is 42.7 Å². The number of nitrogens with one attached hydrogen (secondary N) is 1. The molecular formula is C23H27N3O3S2. The molecule has 0 aliphatic heterocycles. The summed E-state index contributed by atoms with van der Waals surface area (Å²) in [5.41, 5.74) is 0.869. The average Bonchev–Trinajstić information content (AvgIpc) is 3.08. The number of carbonyl (C=O) groups excluding carboxylic acids is 1. The Morgan fingerprint density at radius 1 is 1.10 bits per heavy atom. The van der Waals surface area contributed by atoms with Gasteiger partial charge in [-0.1, -0.05) is 49.6 Å². The summed E-state index contributed by atoms with van der Waals surface area (Å²) in [6, 6.07) is 12.7. The van der Waals surface area contributed by atoms with Crippen molar-refractivity contribution < 1.29 is 13.2 Å². The smallest absolute Gasteiger partial charge is 0.243 e. The molecule has 0 atom stereocenters. The number of aromatic nitrogens is 1. The quantitative estimate of drug-likeness (QED) is 0.572. The summed E-state index contributed by atoms with van der Waals surface area (Å²) >= 11 is 1.40. The fourth-order valence-corrected chi connectivity index (χ4v) is 6.58. The molecule has 0 spiro atoms. The summed E-state index contributed by atoms with van der Waals surface area (Å²) in [5.74, 6) is -0.358. The number of carbonyl (C=O) groups is 1. The summed E-state index contributed by atoms with van der Waals surface area (Å²) < 4.78 is 28.7. The number of sulfonamides is 1. The number of aryl methyl sites for hydroxylation is 2. The number of hydrogen-bond donors (Lipinski definition) is 1. The van der Waals surface area contributed by atoms with E-state index in [9.17, 15) is 13.2 Å². The summed E-state index contributed by atoms with van der Waals surface area (Å²) in [7, 11) is -3.83. The van der Waals surface area contributed by atoms with Gasteiger partial charge in [0, 0.05) is 10.9 Å². The molecule has 6 nitrogen and oxygen atoms in total. The van der Waals surface area contributed by atoms with E-state index in [2.05, 4.69) is 10.3 Å². The second-order valence-electron chi connectivity index (χ2n) is 8.06. The molecule has 4 rings (SSSR count). The zero-order chi connectivity index (χ0) is 22.0. The Morgan fingerprint density at radius 3 is 2.48 bits per heavy atom.